The average Bonchev–Trinajstić information content (AvgIpc) is 2.59. The zero-order chi connectivity index (χ0) is 9.83. The molecule has 4 aliphatic rings. The molecular formula is C13H22N2. The first-order valence-electron chi connectivity index (χ1n) is 6.87. The first-order valence-corrected chi connectivity index (χ1v) is 6.87. The van der Waals surface area contributed by atoms with Gasteiger partial charge in [-0.1, -0.05) is 0 Å². The van der Waals surface area contributed by atoms with E-state index in [0.29, 0.717) is 0 Å². The molecule has 2 bridgehead atoms. The van der Waals surface area contributed by atoms with Gasteiger partial charge in [0.05, 0.1) is 0 Å². The van der Waals surface area contributed by atoms with Crippen LogP contribution in [0.25, 0.3) is 0 Å². The number of hydrogen-bond acceptors (Lipinski definition) is 2. The maximum atomic E-state index is 3.83. The molecule has 3 aliphatic carbocycles. The van der Waals surface area contributed by atoms with Crippen LogP contribution in [0.3, 0.4) is 0 Å². The largest absolute Gasteiger partial charge is 0.316 e. The lowest BCUT2D eigenvalue weighted by molar-refractivity contribution is 0.317. The summed E-state index contributed by atoms with van der Waals surface area (Å²) in [6.45, 7) is 3.82. The van der Waals surface area contributed by atoms with Gasteiger partial charge in [-0.2, -0.15) is 0 Å². The van der Waals surface area contributed by atoms with Crippen LogP contribution in [-0.4, -0.2) is 25.7 Å². The lowest BCUT2D eigenvalue weighted by atomic mass is 9.99. The second-order valence-corrected chi connectivity index (χ2v) is 6.28. The summed E-state index contributed by atoms with van der Waals surface area (Å²) in [5.41, 5.74) is 0. The number of nitrogens with one attached hydrogen (secondary N) is 2. The van der Waals surface area contributed by atoms with Gasteiger partial charge >= 0.3 is 0 Å². The molecule has 0 spiro atoms. The van der Waals surface area contributed by atoms with Crippen LogP contribution in [0.2, 0.25) is 0 Å². The molecule has 2 N–H and O–H groups in total. The normalized spacial score (nSPS) is 51.6. The Kier molecular flexibility index (Phi) is 1.92. The van der Waals surface area contributed by atoms with Crippen molar-refractivity contribution in [2.45, 2.75) is 31.7 Å². The van der Waals surface area contributed by atoms with E-state index in [-0.39, 0.29) is 0 Å². The molecule has 0 aromatic carbocycles. The van der Waals surface area contributed by atoms with E-state index in [0.717, 1.165) is 35.6 Å². The molecule has 4 rings (SSSR count). The van der Waals surface area contributed by atoms with Crippen LogP contribution in [0.5, 0.6) is 0 Å². The second-order valence-electron chi connectivity index (χ2n) is 6.28. The summed E-state index contributed by atoms with van der Waals surface area (Å²) >= 11 is 0. The molecule has 2 heteroatoms. The van der Waals surface area contributed by atoms with Gasteiger partial charge in [0.25, 0.3) is 0 Å². The maximum absolute atomic E-state index is 3.83. The van der Waals surface area contributed by atoms with Crippen molar-refractivity contribution in [1.29, 1.82) is 0 Å². The van der Waals surface area contributed by atoms with Gasteiger partial charge in [-0.05, 0) is 74.9 Å². The Hall–Kier alpha value is -0.0800. The van der Waals surface area contributed by atoms with Crippen molar-refractivity contribution in [3.8, 4) is 0 Å². The minimum atomic E-state index is 0.948. The van der Waals surface area contributed by atoms with E-state index < -0.39 is 0 Å². The number of hydrogen-bond donors (Lipinski definition) is 2. The van der Waals surface area contributed by atoms with Gasteiger partial charge < -0.3 is 10.6 Å². The van der Waals surface area contributed by atoms with Gasteiger partial charge in [-0.15, -0.1) is 0 Å². The van der Waals surface area contributed by atoms with E-state index in [1.165, 1.54) is 26.1 Å². The molecule has 0 aromatic rings. The van der Waals surface area contributed by atoms with Gasteiger partial charge in [0.2, 0.25) is 0 Å². The van der Waals surface area contributed by atoms with Crippen molar-refractivity contribution in [2.75, 3.05) is 19.6 Å². The fraction of sp³-hybridized carbons (Fsp3) is 1.00. The molecule has 4 unspecified atom stereocenters. The maximum Gasteiger partial charge on any atom is 0.0135 e. The van der Waals surface area contributed by atoms with E-state index in [4.69, 9.17) is 0 Å². The predicted molar refractivity (Wildman–Crippen MR) is 60.6 cm³/mol. The van der Waals surface area contributed by atoms with E-state index >= 15 is 0 Å². The van der Waals surface area contributed by atoms with Crippen LogP contribution < -0.4 is 10.6 Å². The first-order chi connectivity index (χ1) is 7.43. The standard InChI is InChI=1S/C13H22N2/c1-2-10-5-9(1)11-12(10)13(11)15-4-3-8-6-14-7-8/h8-15H,1-7H2. The monoisotopic (exact) mass is 206 g/mol. The predicted octanol–water partition coefficient (Wildman–Crippen LogP) is 1.23. The Morgan fingerprint density at radius 1 is 1.07 bits per heavy atom. The van der Waals surface area contributed by atoms with Gasteiger partial charge in [-0.25, -0.2) is 0 Å². The van der Waals surface area contributed by atoms with Crippen molar-refractivity contribution >= 4 is 0 Å². The van der Waals surface area contributed by atoms with Gasteiger partial charge in [0, 0.05) is 6.04 Å². The molecule has 84 valence electrons. The lowest BCUT2D eigenvalue weighted by Crippen LogP contribution is -2.43. The summed E-state index contributed by atoms with van der Waals surface area (Å²) in [7, 11) is 0. The summed E-state index contributed by atoms with van der Waals surface area (Å²) in [5.74, 6) is 5.46. The minimum absolute atomic E-state index is 0.948. The highest BCUT2D eigenvalue weighted by molar-refractivity contribution is 5.16. The van der Waals surface area contributed by atoms with E-state index in [1.54, 1.807) is 19.3 Å². The number of rotatable bonds is 4. The van der Waals surface area contributed by atoms with Crippen molar-refractivity contribution in [1.82, 2.24) is 10.6 Å². The van der Waals surface area contributed by atoms with Crippen LogP contribution >= 0.6 is 0 Å². The van der Waals surface area contributed by atoms with Crippen molar-refractivity contribution < 1.29 is 0 Å². The molecule has 1 aliphatic heterocycles. The summed E-state index contributed by atoms with van der Waals surface area (Å²) in [4.78, 5) is 0. The molecule has 15 heavy (non-hydrogen) atoms. The Balaban J connectivity index is 1.24. The van der Waals surface area contributed by atoms with Crippen molar-refractivity contribution in [3.05, 3.63) is 0 Å². The molecule has 0 amide bonds. The molecule has 4 fully saturated rings. The third kappa shape index (κ3) is 1.31. The Morgan fingerprint density at radius 2 is 1.80 bits per heavy atom. The molecule has 2 nitrogen and oxygen atoms in total. The smallest absolute Gasteiger partial charge is 0.0135 e. The summed E-state index contributed by atoms with van der Waals surface area (Å²) in [6.07, 6.45) is 6.09. The highest BCUT2D eigenvalue weighted by Gasteiger charge is 2.64. The summed E-state index contributed by atoms with van der Waals surface area (Å²) < 4.78 is 0. The fourth-order valence-corrected chi connectivity index (χ4v) is 4.60. The van der Waals surface area contributed by atoms with E-state index in [2.05, 4.69) is 10.6 Å². The summed E-state index contributed by atoms with van der Waals surface area (Å²) in [6, 6.07) is 0.948. The Morgan fingerprint density at radius 3 is 2.40 bits per heavy atom. The van der Waals surface area contributed by atoms with Crippen molar-refractivity contribution in [2.24, 2.45) is 29.6 Å². The van der Waals surface area contributed by atoms with Gasteiger partial charge in [0.1, 0.15) is 0 Å². The van der Waals surface area contributed by atoms with Crippen LogP contribution in [0.1, 0.15) is 25.7 Å². The average molecular weight is 206 g/mol. The first kappa shape index (κ1) is 9.00. The second kappa shape index (κ2) is 3.21. The third-order valence-corrected chi connectivity index (χ3v) is 5.53. The molecule has 0 radical (unpaired) electrons. The highest BCUT2D eigenvalue weighted by Crippen LogP contribution is 2.65. The Labute approximate surface area is 92.2 Å². The quantitative estimate of drug-likeness (QED) is 0.723. The number of fused-ring (bicyclic) bond motifs is 5. The van der Waals surface area contributed by atoms with Crippen molar-refractivity contribution in [3.63, 3.8) is 0 Å². The van der Waals surface area contributed by atoms with Gasteiger partial charge in [-0.3, -0.25) is 0 Å². The molecule has 0 aromatic heterocycles. The topological polar surface area (TPSA) is 24.1 Å². The molecule has 1 saturated heterocycles. The fourth-order valence-electron chi connectivity index (χ4n) is 4.60. The van der Waals surface area contributed by atoms with Crippen LogP contribution in [-0.2, 0) is 0 Å². The van der Waals surface area contributed by atoms with E-state index in [1.807, 2.05) is 0 Å². The zero-order valence-electron chi connectivity index (χ0n) is 9.41. The van der Waals surface area contributed by atoms with Crippen LogP contribution in [0.15, 0.2) is 0 Å². The summed E-state index contributed by atoms with van der Waals surface area (Å²) in [5, 5.41) is 7.18. The third-order valence-electron chi connectivity index (χ3n) is 5.53. The minimum Gasteiger partial charge on any atom is -0.316 e. The molecule has 1 heterocycles. The molecule has 4 atom stereocenters. The van der Waals surface area contributed by atoms with Crippen LogP contribution in [0, 0.1) is 29.6 Å². The molecular weight excluding hydrogens is 184 g/mol. The lowest BCUT2D eigenvalue weighted by Gasteiger charge is -2.27. The SMILES string of the molecule is C(CC1CNC1)NC1C2C3CCC(C3)C12. The van der Waals surface area contributed by atoms with E-state index in [9.17, 15) is 0 Å². The highest BCUT2D eigenvalue weighted by atomic mass is 15.0. The Bertz CT molecular complexity index is 245. The van der Waals surface area contributed by atoms with Gasteiger partial charge in [0.15, 0.2) is 0 Å². The molecule has 3 saturated carbocycles. The van der Waals surface area contributed by atoms with Crippen LogP contribution in [0.4, 0.5) is 0 Å². The zero-order valence-corrected chi connectivity index (χ0v) is 9.41.